The van der Waals surface area contributed by atoms with Crippen LogP contribution in [0.4, 0.5) is 18.9 Å². The number of aromatic nitrogens is 3. The van der Waals surface area contributed by atoms with Gasteiger partial charge in [0.1, 0.15) is 29.5 Å². The van der Waals surface area contributed by atoms with Crippen LogP contribution in [0, 0.1) is 11.3 Å². The Morgan fingerprint density at radius 3 is 2.68 bits per heavy atom. The molecule has 178 valence electrons. The van der Waals surface area contributed by atoms with Gasteiger partial charge in [-0.25, -0.2) is 9.97 Å². The van der Waals surface area contributed by atoms with E-state index in [1.54, 1.807) is 19.2 Å². The fourth-order valence-electron chi connectivity index (χ4n) is 4.01. The fraction of sp³-hybridized carbons (Fsp3) is 0.391. The van der Waals surface area contributed by atoms with Gasteiger partial charge in [0.05, 0.1) is 16.8 Å². The minimum atomic E-state index is -4.47. The lowest BCUT2D eigenvalue weighted by Crippen LogP contribution is -2.51. The Balaban J connectivity index is 1.60. The van der Waals surface area contributed by atoms with E-state index < -0.39 is 23.9 Å². The van der Waals surface area contributed by atoms with E-state index in [9.17, 15) is 23.2 Å². The van der Waals surface area contributed by atoms with Crippen molar-refractivity contribution in [3.63, 3.8) is 0 Å². The van der Waals surface area contributed by atoms with Gasteiger partial charge in [-0.05, 0) is 25.1 Å². The van der Waals surface area contributed by atoms with Crippen LogP contribution in [0.3, 0.4) is 0 Å². The maximum absolute atomic E-state index is 12.8. The highest BCUT2D eigenvalue weighted by Gasteiger charge is 2.34. The molecule has 0 aromatic carbocycles. The number of nitrogens with zero attached hydrogens (tertiary/aromatic N) is 5. The van der Waals surface area contributed by atoms with Gasteiger partial charge in [0.2, 0.25) is 5.88 Å². The quantitative estimate of drug-likeness (QED) is 0.561. The zero-order valence-corrected chi connectivity index (χ0v) is 18.5. The molecule has 0 N–H and O–H groups in total. The summed E-state index contributed by atoms with van der Waals surface area (Å²) in [5.74, 6) is 0.0792. The lowest BCUT2D eigenvalue weighted by molar-refractivity contribution is -0.137. The molecule has 1 fully saturated rings. The first-order valence-electron chi connectivity index (χ1n) is 10.7. The summed E-state index contributed by atoms with van der Waals surface area (Å²) in [4.78, 5) is 22.7. The summed E-state index contributed by atoms with van der Waals surface area (Å²) in [6.07, 6.45) is -4.13. The van der Waals surface area contributed by atoms with E-state index in [4.69, 9.17) is 9.47 Å². The first-order valence-corrected chi connectivity index (χ1v) is 10.7. The van der Waals surface area contributed by atoms with Crippen molar-refractivity contribution in [3.8, 4) is 11.9 Å². The first kappa shape index (κ1) is 23.5. The van der Waals surface area contributed by atoms with Crippen LogP contribution < -0.4 is 15.2 Å². The Kier molecular flexibility index (Phi) is 6.43. The van der Waals surface area contributed by atoms with Gasteiger partial charge in [0.25, 0.3) is 5.56 Å². The Morgan fingerprint density at radius 2 is 2.03 bits per heavy atom. The molecule has 4 heterocycles. The molecule has 3 aromatic heterocycles. The van der Waals surface area contributed by atoms with E-state index in [2.05, 4.69) is 9.97 Å². The third kappa shape index (κ3) is 4.68. The topological polar surface area (TPSA) is 93.3 Å². The fourth-order valence-corrected chi connectivity index (χ4v) is 4.01. The second-order valence-electron chi connectivity index (χ2n) is 7.87. The van der Waals surface area contributed by atoms with Gasteiger partial charge in [0.15, 0.2) is 0 Å². The van der Waals surface area contributed by atoms with Crippen molar-refractivity contribution in [2.24, 2.45) is 7.05 Å². The molecule has 0 aliphatic carbocycles. The van der Waals surface area contributed by atoms with Gasteiger partial charge < -0.3 is 18.9 Å². The van der Waals surface area contributed by atoms with Crippen LogP contribution in [-0.4, -0.2) is 46.4 Å². The summed E-state index contributed by atoms with van der Waals surface area (Å²) in [6, 6.07) is 8.88. The molecule has 1 saturated heterocycles. The molecule has 0 bridgehead atoms. The molecule has 34 heavy (non-hydrogen) atoms. The van der Waals surface area contributed by atoms with Gasteiger partial charge in [-0.3, -0.25) is 4.79 Å². The third-order valence-electron chi connectivity index (χ3n) is 5.74. The van der Waals surface area contributed by atoms with E-state index in [1.807, 2.05) is 17.9 Å². The monoisotopic (exact) mass is 473 g/mol. The van der Waals surface area contributed by atoms with Crippen molar-refractivity contribution < 1.29 is 22.6 Å². The molecule has 3 aromatic rings. The summed E-state index contributed by atoms with van der Waals surface area (Å²) < 4.78 is 51.6. The van der Waals surface area contributed by atoms with E-state index >= 15 is 0 Å². The smallest absolute Gasteiger partial charge is 0.417 e. The number of alkyl halides is 3. The molecule has 2 atom stereocenters. The van der Waals surface area contributed by atoms with Crippen LogP contribution in [0.15, 0.2) is 41.3 Å². The number of piperidine rings is 1. The van der Waals surface area contributed by atoms with Gasteiger partial charge in [-0.2, -0.15) is 18.4 Å². The molecule has 0 unspecified atom stereocenters. The molecule has 4 rings (SSSR count). The normalized spacial score (nSPS) is 18.6. The Hall–Kier alpha value is -3.65. The SMILES string of the molecule is CCO[C@@H]1CN(c2cc(=O)n(C)c3ccc(C#N)nc23)CC[C@H]1Oc1ccc(C(F)(F)F)cn1. The standard InChI is InChI=1S/C23H22F3N5O3/c1-3-33-19-13-31(9-8-18(19)34-20-7-4-14(12-28-20)23(24,25)26)17-10-21(32)30(2)16-6-5-15(11-27)29-22(16)17/h4-7,10,12,18-19H,3,8-9,13H2,1-2H3/t18-,19-/m1/s1. The lowest BCUT2D eigenvalue weighted by Gasteiger charge is -2.39. The summed E-state index contributed by atoms with van der Waals surface area (Å²) >= 11 is 0. The minimum Gasteiger partial charge on any atom is -0.471 e. The van der Waals surface area contributed by atoms with Crippen molar-refractivity contribution in [1.29, 1.82) is 5.26 Å². The molecule has 1 aliphatic heterocycles. The van der Waals surface area contributed by atoms with Crippen LogP contribution in [0.25, 0.3) is 11.0 Å². The highest BCUT2D eigenvalue weighted by Crippen LogP contribution is 2.31. The molecule has 0 amide bonds. The lowest BCUT2D eigenvalue weighted by atomic mass is 10.0. The zero-order chi connectivity index (χ0) is 24.5. The largest absolute Gasteiger partial charge is 0.471 e. The maximum Gasteiger partial charge on any atom is 0.417 e. The van der Waals surface area contributed by atoms with Crippen molar-refractivity contribution in [2.45, 2.75) is 31.7 Å². The number of hydrogen-bond acceptors (Lipinski definition) is 7. The van der Waals surface area contributed by atoms with Crippen LogP contribution in [0.1, 0.15) is 24.6 Å². The second-order valence-corrected chi connectivity index (χ2v) is 7.87. The zero-order valence-electron chi connectivity index (χ0n) is 18.5. The molecule has 11 heteroatoms. The predicted molar refractivity (Wildman–Crippen MR) is 118 cm³/mol. The summed E-state index contributed by atoms with van der Waals surface area (Å²) in [5, 5.41) is 9.27. The van der Waals surface area contributed by atoms with Crippen LogP contribution in [0.2, 0.25) is 0 Å². The number of rotatable bonds is 5. The van der Waals surface area contributed by atoms with Gasteiger partial charge >= 0.3 is 6.18 Å². The Bertz CT molecular complexity index is 1280. The van der Waals surface area contributed by atoms with Crippen LogP contribution >= 0.6 is 0 Å². The van der Waals surface area contributed by atoms with Gasteiger partial charge in [-0.15, -0.1) is 0 Å². The average molecular weight is 473 g/mol. The Morgan fingerprint density at radius 1 is 1.24 bits per heavy atom. The molecular formula is C23H22F3N5O3. The van der Waals surface area contributed by atoms with Crippen LogP contribution in [0.5, 0.6) is 5.88 Å². The average Bonchev–Trinajstić information content (AvgIpc) is 2.82. The second kappa shape index (κ2) is 9.30. The van der Waals surface area contributed by atoms with Gasteiger partial charge in [0, 0.05) is 51.5 Å². The number of anilines is 1. The molecule has 8 nitrogen and oxygen atoms in total. The van der Waals surface area contributed by atoms with E-state index in [-0.39, 0.29) is 17.1 Å². The molecule has 0 saturated carbocycles. The van der Waals surface area contributed by atoms with Crippen molar-refractivity contribution in [1.82, 2.24) is 14.5 Å². The summed E-state index contributed by atoms with van der Waals surface area (Å²) in [6.45, 7) is 3.07. The van der Waals surface area contributed by atoms with E-state index in [1.165, 1.54) is 16.7 Å². The molecule has 1 aliphatic rings. The van der Waals surface area contributed by atoms with E-state index in [0.29, 0.717) is 42.8 Å². The highest BCUT2D eigenvalue weighted by molar-refractivity contribution is 5.88. The molecular weight excluding hydrogens is 451 g/mol. The number of fused-ring (bicyclic) bond motifs is 1. The highest BCUT2D eigenvalue weighted by atomic mass is 19.4. The first-order chi connectivity index (χ1) is 16.2. The number of nitriles is 1. The Labute approximate surface area is 193 Å². The number of pyridine rings is 3. The summed E-state index contributed by atoms with van der Waals surface area (Å²) in [5.41, 5.74) is 0.889. The summed E-state index contributed by atoms with van der Waals surface area (Å²) in [7, 11) is 1.64. The van der Waals surface area contributed by atoms with E-state index in [0.717, 1.165) is 12.3 Å². The molecule has 0 spiro atoms. The molecule has 0 radical (unpaired) electrons. The third-order valence-corrected chi connectivity index (χ3v) is 5.74. The number of ether oxygens (including phenoxy) is 2. The van der Waals surface area contributed by atoms with Crippen molar-refractivity contribution in [3.05, 3.63) is 58.1 Å². The van der Waals surface area contributed by atoms with Crippen molar-refractivity contribution >= 4 is 16.7 Å². The number of aryl methyl sites for hydroxylation is 1. The predicted octanol–water partition coefficient (Wildman–Crippen LogP) is 3.28. The van der Waals surface area contributed by atoms with Crippen LogP contribution in [-0.2, 0) is 18.0 Å². The minimum absolute atomic E-state index is 0.0792. The number of hydrogen-bond donors (Lipinski definition) is 0. The van der Waals surface area contributed by atoms with Gasteiger partial charge in [-0.1, -0.05) is 0 Å². The van der Waals surface area contributed by atoms with Crippen molar-refractivity contribution in [2.75, 3.05) is 24.6 Å². The maximum atomic E-state index is 12.8. The number of halogens is 3.